The van der Waals surface area contributed by atoms with E-state index < -0.39 is 0 Å². The number of anilines is 2. The SMILES string of the molecule is O=C(Cc1csc(N2CCCC2=O)n1)Nc1ncccc1OCC1CCCCC1. The zero-order valence-corrected chi connectivity index (χ0v) is 17.2. The first kappa shape index (κ1) is 19.8. The molecule has 2 fully saturated rings. The van der Waals surface area contributed by atoms with Gasteiger partial charge in [0.2, 0.25) is 11.8 Å². The molecule has 1 N–H and O–H groups in total. The second kappa shape index (κ2) is 9.35. The van der Waals surface area contributed by atoms with Gasteiger partial charge < -0.3 is 10.1 Å². The minimum atomic E-state index is -0.198. The van der Waals surface area contributed by atoms with Gasteiger partial charge >= 0.3 is 0 Å². The molecule has 1 saturated heterocycles. The van der Waals surface area contributed by atoms with Crippen molar-refractivity contribution < 1.29 is 14.3 Å². The van der Waals surface area contributed by atoms with Crippen molar-refractivity contribution in [2.45, 2.75) is 51.4 Å². The van der Waals surface area contributed by atoms with Crippen LogP contribution in [0.15, 0.2) is 23.7 Å². The Balaban J connectivity index is 1.33. The van der Waals surface area contributed by atoms with Crippen LogP contribution < -0.4 is 15.0 Å². The van der Waals surface area contributed by atoms with Crippen molar-refractivity contribution in [2.24, 2.45) is 5.92 Å². The van der Waals surface area contributed by atoms with E-state index in [1.54, 1.807) is 11.1 Å². The lowest BCUT2D eigenvalue weighted by Gasteiger charge is -2.22. The molecule has 0 bridgehead atoms. The Morgan fingerprint density at radius 2 is 2.14 bits per heavy atom. The first-order valence-corrected chi connectivity index (χ1v) is 11.2. The average Bonchev–Trinajstić information content (AvgIpc) is 3.36. The van der Waals surface area contributed by atoms with E-state index in [0.717, 1.165) is 6.42 Å². The molecule has 7 nitrogen and oxygen atoms in total. The highest BCUT2D eigenvalue weighted by molar-refractivity contribution is 7.14. The van der Waals surface area contributed by atoms with Gasteiger partial charge in [-0.3, -0.25) is 14.5 Å². The Morgan fingerprint density at radius 1 is 1.28 bits per heavy atom. The molecule has 2 amide bonds. The van der Waals surface area contributed by atoms with Crippen LogP contribution in [0.2, 0.25) is 0 Å². The summed E-state index contributed by atoms with van der Waals surface area (Å²) in [6.07, 6.45) is 9.46. The molecular weight excluding hydrogens is 388 g/mol. The first-order valence-electron chi connectivity index (χ1n) is 10.3. The molecule has 4 rings (SSSR count). The molecule has 3 heterocycles. The van der Waals surface area contributed by atoms with Gasteiger partial charge in [-0.2, -0.15) is 0 Å². The molecule has 2 aromatic heterocycles. The van der Waals surface area contributed by atoms with Gasteiger partial charge in [0.05, 0.1) is 18.7 Å². The van der Waals surface area contributed by atoms with Crippen molar-refractivity contribution in [3.8, 4) is 5.75 Å². The number of carbonyl (C=O) groups is 2. The molecule has 154 valence electrons. The number of amides is 2. The van der Waals surface area contributed by atoms with Crippen LogP contribution in [0.5, 0.6) is 5.75 Å². The summed E-state index contributed by atoms with van der Waals surface area (Å²) in [5, 5.41) is 5.35. The van der Waals surface area contributed by atoms with Crippen LogP contribution in [0.3, 0.4) is 0 Å². The smallest absolute Gasteiger partial charge is 0.231 e. The molecular formula is C21H26N4O3S. The average molecular weight is 415 g/mol. The number of pyridine rings is 1. The fourth-order valence-electron chi connectivity index (χ4n) is 3.85. The molecule has 2 aliphatic rings. The maximum absolute atomic E-state index is 12.5. The van der Waals surface area contributed by atoms with E-state index in [-0.39, 0.29) is 18.2 Å². The third-order valence-corrected chi connectivity index (χ3v) is 6.33. The number of nitrogens with one attached hydrogen (secondary N) is 1. The Labute approximate surface area is 174 Å². The predicted molar refractivity (Wildman–Crippen MR) is 112 cm³/mol. The van der Waals surface area contributed by atoms with Crippen LogP contribution in [0.1, 0.15) is 50.6 Å². The van der Waals surface area contributed by atoms with Crippen molar-refractivity contribution in [3.05, 3.63) is 29.4 Å². The molecule has 0 atom stereocenters. The Kier molecular flexibility index (Phi) is 6.39. The minimum absolute atomic E-state index is 0.101. The summed E-state index contributed by atoms with van der Waals surface area (Å²) in [6.45, 7) is 1.36. The van der Waals surface area contributed by atoms with Gasteiger partial charge in [0.25, 0.3) is 0 Å². The maximum atomic E-state index is 12.5. The van der Waals surface area contributed by atoms with Crippen LogP contribution in [0.4, 0.5) is 10.9 Å². The van der Waals surface area contributed by atoms with E-state index in [1.807, 2.05) is 17.5 Å². The highest BCUT2D eigenvalue weighted by Gasteiger charge is 2.24. The zero-order chi connectivity index (χ0) is 20.1. The minimum Gasteiger partial charge on any atom is -0.489 e. The van der Waals surface area contributed by atoms with E-state index >= 15 is 0 Å². The van der Waals surface area contributed by atoms with E-state index in [0.29, 0.717) is 47.9 Å². The van der Waals surface area contributed by atoms with Crippen molar-refractivity contribution in [2.75, 3.05) is 23.4 Å². The number of hydrogen-bond acceptors (Lipinski definition) is 6. The first-order chi connectivity index (χ1) is 14.2. The zero-order valence-electron chi connectivity index (χ0n) is 16.4. The summed E-state index contributed by atoms with van der Waals surface area (Å²) in [5.74, 6) is 1.53. The normalized spacial score (nSPS) is 17.5. The van der Waals surface area contributed by atoms with Crippen LogP contribution >= 0.6 is 11.3 Å². The molecule has 0 unspecified atom stereocenters. The second-order valence-electron chi connectivity index (χ2n) is 7.66. The molecule has 1 aliphatic heterocycles. The van der Waals surface area contributed by atoms with E-state index in [4.69, 9.17) is 4.74 Å². The number of ether oxygens (including phenoxy) is 1. The number of rotatable bonds is 7. The molecule has 0 aromatic carbocycles. The van der Waals surface area contributed by atoms with Crippen molar-refractivity contribution >= 4 is 34.1 Å². The van der Waals surface area contributed by atoms with E-state index in [2.05, 4.69) is 15.3 Å². The van der Waals surface area contributed by atoms with Gasteiger partial charge in [0.15, 0.2) is 16.7 Å². The lowest BCUT2D eigenvalue weighted by molar-refractivity contribution is -0.117. The summed E-state index contributed by atoms with van der Waals surface area (Å²) in [5.41, 5.74) is 0.655. The van der Waals surface area contributed by atoms with Crippen LogP contribution in [-0.2, 0) is 16.0 Å². The van der Waals surface area contributed by atoms with E-state index in [1.165, 1.54) is 43.4 Å². The van der Waals surface area contributed by atoms with Gasteiger partial charge in [-0.05, 0) is 37.3 Å². The summed E-state index contributed by atoms with van der Waals surface area (Å²) < 4.78 is 5.98. The number of carbonyl (C=O) groups excluding carboxylic acids is 2. The number of aromatic nitrogens is 2. The van der Waals surface area contributed by atoms with Crippen molar-refractivity contribution in [1.82, 2.24) is 9.97 Å². The maximum Gasteiger partial charge on any atom is 0.231 e. The lowest BCUT2D eigenvalue weighted by atomic mass is 9.90. The molecule has 1 saturated carbocycles. The standard InChI is InChI=1S/C21H26N4O3S/c26-18(12-16-14-29-21(23-16)25-11-5-9-19(25)27)24-20-17(8-4-10-22-20)28-13-15-6-2-1-3-7-15/h4,8,10,14-15H,1-3,5-7,9,11-13H2,(H,22,24,26). The van der Waals surface area contributed by atoms with Gasteiger partial charge in [0, 0.05) is 24.5 Å². The molecule has 0 radical (unpaired) electrons. The molecule has 2 aromatic rings. The monoisotopic (exact) mass is 414 g/mol. The summed E-state index contributed by atoms with van der Waals surface area (Å²) in [4.78, 5) is 34.8. The number of nitrogens with zero attached hydrogens (tertiary/aromatic N) is 3. The predicted octanol–water partition coefficient (Wildman–Crippen LogP) is 3.81. The van der Waals surface area contributed by atoms with Crippen molar-refractivity contribution in [3.63, 3.8) is 0 Å². The Bertz CT molecular complexity index is 863. The second-order valence-corrected chi connectivity index (χ2v) is 8.50. The molecule has 29 heavy (non-hydrogen) atoms. The van der Waals surface area contributed by atoms with Gasteiger partial charge in [-0.25, -0.2) is 9.97 Å². The highest BCUT2D eigenvalue weighted by atomic mass is 32.1. The third-order valence-electron chi connectivity index (χ3n) is 5.41. The topological polar surface area (TPSA) is 84.4 Å². The fourth-order valence-corrected chi connectivity index (χ4v) is 4.72. The largest absolute Gasteiger partial charge is 0.489 e. The van der Waals surface area contributed by atoms with E-state index in [9.17, 15) is 9.59 Å². The van der Waals surface area contributed by atoms with Gasteiger partial charge in [-0.15, -0.1) is 11.3 Å². The van der Waals surface area contributed by atoms with Gasteiger partial charge in [-0.1, -0.05) is 19.3 Å². The van der Waals surface area contributed by atoms with Crippen molar-refractivity contribution in [1.29, 1.82) is 0 Å². The molecule has 8 heteroatoms. The third kappa shape index (κ3) is 5.12. The lowest BCUT2D eigenvalue weighted by Crippen LogP contribution is -2.23. The number of thiazole rings is 1. The summed E-state index contributed by atoms with van der Waals surface area (Å²) in [6, 6.07) is 3.65. The van der Waals surface area contributed by atoms with Crippen LogP contribution in [-0.4, -0.2) is 34.9 Å². The number of hydrogen-bond donors (Lipinski definition) is 1. The Morgan fingerprint density at radius 3 is 2.93 bits per heavy atom. The highest BCUT2D eigenvalue weighted by Crippen LogP contribution is 2.28. The summed E-state index contributed by atoms with van der Waals surface area (Å²) in [7, 11) is 0. The fraction of sp³-hybridized carbons (Fsp3) is 0.524. The molecule has 0 spiro atoms. The van der Waals surface area contributed by atoms with Crippen LogP contribution in [0.25, 0.3) is 0 Å². The molecule has 1 aliphatic carbocycles. The van der Waals surface area contributed by atoms with Crippen LogP contribution in [0, 0.1) is 5.92 Å². The summed E-state index contributed by atoms with van der Waals surface area (Å²) >= 11 is 1.40. The quantitative estimate of drug-likeness (QED) is 0.745. The Hall–Kier alpha value is -2.48. The van der Waals surface area contributed by atoms with Gasteiger partial charge in [0.1, 0.15) is 0 Å².